The molecule has 0 aliphatic rings. The maximum atomic E-state index is 8.74. The molecule has 0 bridgehead atoms. The van der Waals surface area contributed by atoms with E-state index in [1.807, 2.05) is 37.3 Å². The number of nitriles is 1. The second-order valence-corrected chi connectivity index (χ2v) is 4.66. The zero-order chi connectivity index (χ0) is 16.5. The summed E-state index contributed by atoms with van der Waals surface area (Å²) in [6, 6.07) is 14.8. The van der Waals surface area contributed by atoms with Gasteiger partial charge in [-0.15, -0.1) is 0 Å². The van der Waals surface area contributed by atoms with Crippen molar-refractivity contribution in [2.75, 3.05) is 13.7 Å². The van der Waals surface area contributed by atoms with E-state index in [0.717, 1.165) is 11.1 Å². The highest BCUT2D eigenvalue weighted by Crippen LogP contribution is 2.27. The van der Waals surface area contributed by atoms with Crippen molar-refractivity contribution >= 4 is 6.21 Å². The van der Waals surface area contributed by atoms with Crippen LogP contribution in [0.5, 0.6) is 11.5 Å². The SMILES string of the molecule is CCOc1ccc(/C=N\OCc2ccc(C#N)cc2)cc1OC. The van der Waals surface area contributed by atoms with Gasteiger partial charge in [0.15, 0.2) is 11.5 Å². The number of oxime groups is 1. The number of methoxy groups -OCH3 is 1. The Bertz CT molecular complexity index is 703. The molecular formula is C18H18N2O3. The van der Waals surface area contributed by atoms with Gasteiger partial charge in [-0.05, 0) is 42.8 Å². The van der Waals surface area contributed by atoms with Crippen molar-refractivity contribution in [2.45, 2.75) is 13.5 Å². The van der Waals surface area contributed by atoms with Crippen LogP contribution in [-0.2, 0) is 11.4 Å². The first kappa shape index (κ1) is 16.4. The van der Waals surface area contributed by atoms with Crippen LogP contribution in [0.4, 0.5) is 0 Å². The van der Waals surface area contributed by atoms with Crippen molar-refractivity contribution in [2.24, 2.45) is 5.16 Å². The lowest BCUT2D eigenvalue weighted by Gasteiger charge is -2.09. The molecule has 0 saturated carbocycles. The molecule has 0 radical (unpaired) electrons. The van der Waals surface area contributed by atoms with Gasteiger partial charge in [0.25, 0.3) is 0 Å². The first-order valence-corrected chi connectivity index (χ1v) is 7.22. The molecule has 0 aliphatic heterocycles. The third kappa shape index (κ3) is 4.75. The molecule has 23 heavy (non-hydrogen) atoms. The second kappa shape index (κ2) is 8.44. The van der Waals surface area contributed by atoms with Gasteiger partial charge < -0.3 is 14.3 Å². The largest absolute Gasteiger partial charge is 0.493 e. The summed E-state index contributed by atoms with van der Waals surface area (Å²) < 4.78 is 10.7. The van der Waals surface area contributed by atoms with Crippen LogP contribution in [0.25, 0.3) is 0 Å². The Morgan fingerprint density at radius 1 is 1.13 bits per heavy atom. The van der Waals surface area contributed by atoms with Crippen molar-refractivity contribution < 1.29 is 14.3 Å². The van der Waals surface area contributed by atoms with Crippen molar-refractivity contribution in [3.05, 3.63) is 59.2 Å². The molecule has 0 spiro atoms. The van der Waals surface area contributed by atoms with E-state index in [1.54, 1.807) is 25.5 Å². The number of hydrogen-bond donors (Lipinski definition) is 0. The molecule has 0 amide bonds. The molecule has 0 N–H and O–H groups in total. The van der Waals surface area contributed by atoms with Gasteiger partial charge in [0, 0.05) is 5.56 Å². The van der Waals surface area contributed by atoms with E-state index >= 15 is 0 Å². The van der Waals surface area contributed by atoms with Crippen molar-refractivity contribution in [1.29, 1.82) is 5.26 Å². The molecule has 0 unspecified atom stereocenters. The Morgan fingerprint density at radius 2 is 1.91 bits per heavy atom. The van der Waals surface area contributed by atoms with Crippen LogP contribution in [0.2, 0.25) is 0 Å². The maximum Gasteiger partial charge on any atom is 0.161 e. The second-order valence-electron chi connectivity index (χ2n) is 4.66. The molecule has 0 aromatic heterocycles. The number of nitrogens with zero attached hydrogens (tertiary/aromatic N) is 2. The zero-order valence-corrected chi connectivity index (χ0v) is 13.2. The molecular weight excluding hydrogens is 292 g/mol. The average Bonchev–Trinajstić information content (AvgIpc) is 2.60. The summed E-state index contributed by atoms with van der Waals surface area (Å²) in [5.41, 5.74) is 2.43. The summed E-state index contributed by atoms with van der Waals surface area (Å²) in [6.45, 7) is 2.85. The normalized spacial score (nSPS) is 10.3. The third-order valence-electron chi connectivity index (χ3n) is 3.08. The first-order chi connectivity index (χ1) is 11.3. The minimum Gasteiger partial charge on any atom is -0.493 e. The van der Waals surface area contributed by atoms with E-state index in [-0.39, 0.29) is 0 Å². The van der Waals surface area contributed by atoms with Gasteiger partial charge in [0.1, 0.15) is 6.61 Å². The molecule has 118 valence electrons. The Balaban J connectivity index is 1.93. The molecule has 2 rings (SSSR count). The van der Waals surface area contributed by atoms with Crippen molar-refractivity contribution in [1.82, 2.24) is 0 Å². The van der Waals surface area contributed by atoms with Gasteiger partial charge in [-0.3, -0.25) is 0 Å². The summed E-state index contributed by atoms with van der Waals surface area (Å²) in [7, 11) is 1.60. The van der Waals surface area contributed by atoms with Crippen LogP contribution < -0.4 is 9.47 Å². The molecule has 2 aromatic carbocycles. The van der Waals surface area contributed by atoms with Crippen LogP contribution >= 0.6 is 0 Å². The molecule has 0 heterocycles. The fraction of sp³-hybridized carbons (Fsp3) is 0.222. The minimum atomic E-state index is 0.344. The Kier molecular flexibility index (Phi) is 6.01. The summed E-state index contributed by atoms with van der Waals surface area (Å²) in [4.78, 5) is 5.26. The van der Waals surface area contributed by atoms with E-state index in [1.165, 1.54) is 0 Å². The lowest BCUT2D eigenvalue weighted by Crippen LogP contribution is -1.96. The fourth-order valence-electron chi connectivity index (χ4n) is 1.92. The number of rotatable bonds is 7. The fourth-order valence-corrected chi connectivity index (χ4v) is 1.92. The molecule has 0 saturated heterocycles. The van der Waals surface area contributed by atoms with E-state index in [2.05, 4.69) is 11.2 Å². The van der Waals surface area contributed by atoms with Gasteiger partial charge >= 0.3 is 0 Å². The van der Waals surface area contributed by atoms with Crippen molar-refractivity contribution in [3.8, 4) is 17.6 Å². The highest BCUT2D eigenvalue weighted by Gasteiger charge is 2.04. The predicted molar refractivity (Wildman–Crippen MR) is 87.7 cm³/mol. The quantitative estimate of drug-likeness (QED) is 0.580. The van der Waals surface area contributed by atoms with E-state index in [9.17, 15) is 0 Å². The van der Waals surface area contributed by atoms with Gasteiger partial charge in [-0.1, -0.05) is 17.3 Å². The summed E-state index contributed by atoms with van der Waals surface area (Å²) in [5.74, 6) is 1.36. The Morgan fingerprint density at radius 3 is 2.57 bits per heavy atom. The predicted octanol–water partition coefficient (Wildman–Crippen LogP) is 3.52. The summed E-state index contributed by atoms with van der Waals surface area (Å²) >= 11 is 0. The maximum absolute atomic E-state index is 8.74. The topological polar surface area (TPSA) is 63.8 Å². The highest BCUT2D eigenvalue weighted by atomic mass is 16.6. The van der Waals surface area contributed by atoms with Crippen molar-refractivity contribution in [3.63, 3.8) is 0 Å². The van der Waals surface area contributed by atoms with Crippen LogP contribution in [0, 0.1) is 11.3 Å². The van der Waals surface area contributed by atoms with Crippen LogP contribution in [-0.4, -0.2) is 19.9 Å². The summed E-state index contributed by atoms with van der Waals surface area (Å²) in [6.07, 6.45) is 1.61. The highest BCUT2D eigenvalue weighted by molar-refractivity contribution is 5.80. The summed E-state index contributed by atoms with van der Waals surface area (Å²) in [5, 5.41) is 12.7. The van der Waals surface area contributed by atoms with Gasteiger partial charge in [-0.25, -0.2) is 0 Å². The van der Waals surface area contributed by atoms with Crippen LogP contribution in [0.3, 0.4) is 0 Å². The molecule has 0 aliphatic carbocycles. The first-order valence-electron chi connectivity index (χ1n) is 7.22. The van der Waals surface area contributed by atoms with Gasteiger partial charge in [-0.2, -0.15) is 5.26 Å². The molecule has 2 aromatic rings. The number of hydrogen-bond acceptors (Lipinski definition) is 5. The van der Waals surface area contributed by atoms with Gasteiger partial charge in [0.2, 0.25) is 0 Å². The number of benzene rings is 2. The van der Waals surface area contributed by atoms with E-state index in [0.29, 0.717) is 30.3 Å². The smallest absolute Gasteiger partial charge is 0.161 e. The number of ether oxygens (including phenoxy) is 2. The zero-order valence-electron chi connectivity index (χ0n) is 13.2. The standard InChI is InChI=1S/C18H18N2O3/c1-3-22-17-9-8-16(10-18(17)21-2)12-20-23-13-15-6-4-14(11-19)5-7-15/h4-10,12H,3,13H2,1-2H3/b20-12-. The third-order valence-corrected chi connectivity index (χ3v) is 3.08. The molecule has 5 heteroatoms. The Labute approximate surface area is 135 Å². The van der Waals surface area contributed by atoms with E-state index < -0.39 is 0 Å². The minimum absolute atomic E-state index is 0.344. The lowest BCUT2D eigenvalue weighted by atomic mass is 10.2. The molecule has 5 nitrogen and oxygen atoms in total. The van der Waals surface area contributed by atoms with Crippen LogP contribution in [0.1, 0.15) is 23.6 Å². The van der Waals surface area contributed by atoms with E-state index in [4.69, 9.17) is 19.6 Å². The monoisotopic (exact) mass is 310 g/mol. The van der Waals surface area contributed by atoms with Crippen LogP contribution in [0.15, 0.2) is 47.6 Å². The molecule has 0 fully saturated rings. The van der Waals surface area contributed by atoms with Gasteiger partial charge in [0.05, 0.1) is 31.6 Å². The Hall–Kier alpha value is -3.00. The average molecular weight is 310 g/mol. The lowest BCUT2D eigenvalue weighted by molar-refractivity contribution is 0.132. The molecule has 0 atom stereocenters.